The van der Waals surface area contributed by atoms with E-state index < -0.39 is 0 Å². The normalized spacial score (nSPS) is 11.9. The van der Waals surface area contributed by atoms with E-state index in [9.17, 15) is 4.79 Å². The van der Waals surface area contributed by atoms with Gasteiger partial charge in [-0.25, -0.2) is 0 Å². The van der Waals surface area contributed by atoms with Crippen molar-refractivity contribution in [3.8, 4) is 0 Å². The monoisotopic (exact) mass is 273 g/mol. The first-order valence-electron chi connectivity index (χ1n) is 7.28. The van der Waals surface area contributed by atoms with Crippen LogP contribution >= 0.6 is 0 Å². The SMILES string of the molecule is CC(C)CCCOCCOCCNC(=O)C(C)(C)C. The van der Waals surface area contributed by atoms with Gasteiger partial charge >= 0.3 is 0 Å². The molecular formula is C15H31NO3. The van der Waals surface area contributed by atoms with Crippen molar-refractivity contribution < 1.29 is 14.3 Å². The van der Waals surface area contributed by atoms with Crippen molar-refractivity contribution in [3.05, 3.63) is 0 Å². The first kappa shape index (κ1) is 18.4. The molecule has 0 saturated heterocycles. The van der Waals surface area contributed by atoms with Crippen LogP contribution in [0.25, 0.3) is 0 Å². The Kier molecular flexibility index (Phi) is 9.88. The molecule has 4 heteroatoms. The minimum Gasteiger partial charge on any atom is -0.379 e. The molecule has 0 fully saturated rings. The molecule has 0 unspecified atom stereocenters. The summed E-state index contributed by atoms with van der Waals surface area (Å²) < 4.78 is 10.8. The van der Waals surface area contributed by atoms with Crippen LogP contribution in [0.4, 0.5) is 0 Å². The number of hydrogen-bond acceptors (Lipinski definition) is 3. The standard InChI is InChI=1S/C15H31NO3/c1-13(2)7-6-9-18-11-12-19-10-8-16-14(17)15(3,4)5/h13H,6-12H2,1-5H3,(H,16,17). The van der Waals surface area contributed by atoms with E-state index in [1.54, 1.807) is 0 Å². The van der Waals surface area contributed by atoms with Crippen molar-refractivity contribution >= 4 is 5.91 Å². The average Bonchev–Trinajstić information content (AvgIpc) is 2.29. The minimum atomic E-state index is -0.334. The molecule has 0 bridgehead atoms. The number of carbonyl (C=O) groups is 1. The highest BCUT2D eigenvalue weighted by Gasteiger charge is 2.20. The van der Waals surface area contributed by atoms with E-state index in [-0.39, 0.29) is 11.3 Å². The topological polar surface area (TPSA) is 47.6 Å². The van der Waals surface area contributed by atoms with Crippen LogP contribution in [-0.2, 0) is 14.3 Å². The van der Waals surface area contributed by atoms with Crippen molar-refractivity contribution in [2.24, 2.45) is 11.3 Å². The van der Waals surface area contributed by atoms with Gasteiger partial charge in [-0.1, -0.05) is 34.6 Å². The largest absolute Gasteiger partial charge is 0.379 e. The molecule has 0 radical (unpaired) electrons. The lowest BCUT2D eigenvalue weighted by atomic mass is 9.96. The van der Waals surface area contributed by atoms with Gasteiger partial charge in [0.25, 0.3) is 0 Å². The molecule has 19 heavy (non-hydrogen) atoms. The summed E-state index contributed by atoms with van der Waals surface area (Å²) in [5, 5.41) is 2.84. The van der Waals surface area contributed by atoms with Crippen LogP contribution in [0.1, 0.15) is 47.5 Å². The molecule has 0 heterocycles. The third kappa shape index (κ3) is 12.2. The number of hydrogen-bond donors (Lipinski definition) is 1. The van der Waals surface area contributed by atoms with E-state index in [4.69, 9.17) is 9.47 Å². The van der Waals surface area contributed by atoms with Gasteiger partial charge in [0.05, 0.1) is 19.8 Å². The quantitative estimate of drug-likeness (QED) is 0.622. The maximum absolute atomic E-state index is 11.5. The van der Waals surface area contributed by atoms with Crippen molar-refractivity contribution in [1.82, 2.24) is 5.32 Å². The van der Waals surface area contributed by atoms with Gasteiger partial charge in [-0.15, -0.1) is 0 Å². The fourth-order valence-electron chi connectivity index (χ4n) is 1.42. The fraction of sp³-hybridized carbons (Fsp3) is 0.933. The summed E-state index contributed by atoms with van der Waals surface area (Å²) in [7, 11) is 0. The van der Waals surface area contributed by atoms with E-state index in [2.05, 4.69) is 19.2 Å². The molecule has 0 aromatic heterocycles. The summed E-state index contributed by atoms with van der Waals surface area (Å²) in [6.45, 7) is 13.3. The van der Waals surface area contributed by atoms with E-state index in [0.29, 0.717) is 26.4 Å². The van der Waals surface area contributed by atoms with Crippen molar-refractivity contribution in [2.75, 3.05) is 33.0 Å². The maximum Gasteiger partial charge on any atom is 0.225 e. The molecule has 0 rings (SSSR count). The Hall–Kier alpha value is -0.610. The van der Waals surface area contributed by atoms with Gasteiger partial charge in [-0.05, 0) is 18.8 Å². The third-order valence-corrected chi connectivity index (χ3v) is 2.66. The molecule has 0 spiro atoms. The Labute approximate surface area is 118 Å². The second-order valence-corrected chi connectivity index (χ2v) is 6.27. The Bertz CT molecular complexity index is 234. The number of carbonyl (C=O) groups excluding carboxylic acids is 1. The third-order valence-electron chi connectivity index (χ3n) is 2.66. The second kappa shape index (κ2) is 10.2. The fourth-order valence-corrected chi connectivity index (χ4v) is 1.42. The molecule has 0 aromatic rings. The van der Waals surface area contributed by atoms with Crippen LogP contribution in [0.15, 0.2) is 0 Å². The van der Waals surface area contributed by atoms with E-state index in [1.165, 1.54) is 6.42 Å². The van der Waals surface area contributed by atoms with Gasteiger partial charge in [-0.2, -0.15) is 0 Å². The molecule has 0 saturated carbocycles. The van der Waals surface area contributed by atoms with E-state index in [0.717, 1.165) is 18.9 Å². The van der Waals surface area contributed by atoms with Gasteiger partial charge in [0, 0.05) is 18.6 Å². The Balaban J connectivity index is 3.22. The summed E-state index contributed by atoms with van der Waals surface area (Å²) in [5.74, 6) is 0.798. The van der Waals surface area contributed by atoms with Crippen LogP contribution in [0.2, 0.25) is 0 Å². The zero-order valence-electron chi connectivity index (χ0n) is 13.3. The molecule has 4 nitrogen and oxygen atoms in total. The molecule has 1 amide bonds. The summed E-state index contributed by atoms with van der Waals surface area (Å²) in [6.07, 6.45) is 2.32. The Morgan fingerprint density at radius 3 is 2.16 bits per heavy atom. The molecule has 0 atom stereocenters. The number of nitrogens with one attached hydrogen (secondary N) is 1. The summed E-state index contributed by atoms with van der Waals surface area (Å²) in [5.41, 5.74) is -0.334. The molecule has 0 aliphatic rings. The predicted molar refractivity (Wildman–Crippen MR) is 78.2 cm³/mol. The predicted octanol–water partition coefficient (Wildman–Crippen LogP) is 2.62. The van der Waals surface area contributed by atoms with Gasteiger partial charge in [-0.3, -0.25) is 4.79 Å². The molecule has 114 valence electrons. The van der Waals surface area contributed by atoms with Crippen molar-refractivity contribution in [1.29, 1.82) is 0 Å². The van der Waals surface area contributed by atoms with Crippen molar-refractivity contribution in [3.63, 3.8) is 0 Å². The highest BCUT2D eigenvalue weighted by molar-refractivity contribution is 5.81. The van der Waals surface area contributed by atoms with Crippen molar-refractivity contribution in [2.45, 2.75) is 47.5 Å². The number of rotatable bonds is 10. The van der Waals surface area contributed by atoms with E-state index in [1.807, 2.05) is 20.8 Å². The van der Waals surface area contributed by atoms with Gasteiger partial charge in [0.15, 0.2) is 0 Å². The Morgan fingerprint density at radius 2 is 1.63 bits per heavy atom. The molecule has 0 aliphatic heterocycles. The summed E-state index contributed by atoms with van der Waals surface area (Å²) in [4.78, 5) is 11.5. The average molecular weight is 273 g/mol. The van der Waals surface area contributed by atoms with Crippen LogP contribution in [0, 0.1) is 11.3 Å². The van der Waals surface area contributed by atoms with Crippen LogP contribution < -0.4 is 5.32 Å². The van der Waals surface area contributed by atoms with Crippen LogP contribution in [0.3, 0.4) is 0 Å². The molecule has 1 N–H and O–H groups in total. The first-order valence-corrected chi connectivity index (χ1v) is 7.28. The summed E-state index contributed by atoms with van der Waals surface area (Å²) in [6, 6.07) is 0. The molecular weight excluding hydrogens is 242 g/mol. The molecule has 0 aliphatic carbocycles. The van der Waals surface area contributed by atoms with Crippen LogP contribution in [0.5, 0.6) is 0 Å². The lowest BCUT2D eigenvalue weighted by molar-refractivity contribution is -0.128. The number of ether oxygens (including phenoxy) is 2. The highest BCUT2D eigenvalue weighted by Crippen LogP contribution is 2.11. The van der Waals surface area contributed by atoms with Gasteiger partial charge in [0.2, 0.25) is 5.91 Å². The zero-order valence-corrected chi connectivity index (χ0v) is 13.3. The highest BCUT2D eigenvalue weighted by atomic mass is 16.5. The molecule has 0 aromatic carbocycles. The lowest BCUT2D eigenvalue weighted by Gasteiger charge is -2.17. The first-order chi connectivity index (χ1) is 8.84. The smallest absolute Gasteiger partial charge is 0.225 e. The lowest BCUT2D eigenvalue weighted by Crippen LogP contribution is -2.36. The van der Waals surface area contributed by atoms with E-state index >= 15 is 0 Å². The Morgan fingerprint density at radius 1 is 1.05 bits per heavy atom. The summed E-state index contributed by atoms with van der Waals surface area (Å²) >= 11 is 0. The van der Waals surface area contributed by atoms with Crippen LogP contribution in [-0.4, -0.2) is 38.9 Å². The second-order valence-electron chi connectivity index (χ2n) is 6.27. The van der Waals surface area contributed by atoms with Gasteiger partial charge in [0.1, 0.15) is 0 Å². The maximum atomic E-state index is 11.5. The number of amides is 1. The minimum absolute atomic E-state index is 0.0565. The zero-order chi connectivity index (χ0) is 14.7. The van der Waals surface area contributed by atoms with Gasteiger partial charge < -0.3 is 14.8 Å².